The SMILES string of the molecule is CCOc1cc(/C=C2\SC(=O)N(CCOc3ccc(Cl)cc3)C2=O)cc(I)c1OCC(=O)Nc1ccc(C)c(Cl)c1. The number of anilines is 1. The number of aryl methyl sites for hydroxylation is 1. The standard InChI is InChI=1S/C29H25Cl2IN2O6S/c1-3-38-24-13-18(12-23(32)27(24)40-16-26(35)33-20-7-4-17(2)22(31)15-20)14-25-28(36)34(29(37)41-25)10-11-39-21-8-5-19(30)6-9-21/h4-9,12-15H,3,10-11,16H2,1-2H3,(H,33,35)/b25-14-. The number of imide groups is 1. The van der Waals surface area contributed by atoms with E-state index in [-0.39, 0.29) is 35.8 Å². The van der Waals surface area contributed by atoms with Crippen LogP contribution in [0.5, 0.6) is 17.2 Å². The number of hydrogen-bond donors (Lipinski definition) is 1. The molecule has 0 spiro atoms. The summed E-state index contributed by atoms with van der Waals surface area (Å²) in [5, 5.41) is 3.52. The third kappa shape index (κ3) is 8.31. The zero-order valence-electron chi connectivity index (χ0n) is 22.0. The molecule has 1 saturated heterocycles. The molecule has 3 aromatic rings. The molecule has 3 aromatic carbocycles. The Bertz CT molecular complexity index is 1500. The molecule has 0 unspecified atom stereocenters. The Kier molecular flexibility index (Phi) is 10.8. The monoisotopic (exact) mass is 726 g/mol. The number of carbonyl (C=O) groups is 3. The van der Waals surface area contributed by atoms with E-state index < -0.39 is 5.91 Å². The zero-order valence-corrected chi connectivity index (χ0v) is 26.5. The molecule has 1 aliphatic rings. The molecular formula is C29H25Cl2IN2O6S. The Balaban J connectivity index is 1.41. The molecule has 1 N–H and O–H groups in total. The van der Waals surface area contributed by atoms with E-state index in [1.54, 1.807) is 54.6 Å². The molecular weight excluding hydrogens is 702 g/mol. The van der Waals surface area contributed by atoms with Crippen LogP contribution in [0.25, 0.3) is 6.08 Å². The summed E-state index contributed by atoms with van der Waals surface area (Å²) in [7, 11) is 0. The van der Waals surface area contributed by atoms with Gasteiger partial charge in [0, 0.05) is 15.7 Å². The summed E-state index contributed by atoms with van der Waals surface area (Å²) >= 11 is 15.0. The topological polar surface area (TPSA) is 94.2 Å². The summed E-state index contributed by atoms with van der Waals surface area (Å²) in [5.74, 6) is 0.637. The molecule has 1 aliphatic heterocycles. The molecule has 1 fully saturated rings. The maximum absolute atomic E-state index is 13.0. The maximum atomic E-state index is 13.0. The number of rotatable bonds is 11. The lowest BCUT2D eigenvalue weighted by atomic mass is 10.2. The first-order chi connectivity index (χ1) is 19.6. The van der Waals surface area contributed by atoms with Crippen molar-refractivity contribution < 1.29 is 28.6 Å². The van der Waals surface area contributed by atoms with Crippen LogP contribution >= 0.6 is 57.6 Å². The number of benzene rings is 3. The fraction of sp³-hybridized carbons (Fsp3) is 0.207. The van der Waals surface area contributed by atoms with Gasteiger partial charge < -0.3 is 19.5 Å². The number of nitrogens with one attached hydrogen (secondary N) is 1. The van der Waals surface area contributed by atoms with E-state index in [9.17, 15) is 14.4 Å². The molecule has 0 atom stereocenters. The lowest BCUT2D eigenvalue weighted by Crippen LogP contribution is -2.32. The summed E-state index contributed by atoms with van der Waals surface area (Å²) < 4.78 is 17.9. The fourth-order valence-corrected chi connectivity index (χ4v) is 5.66. The van der Waals surface area contributed by atoms with Crippen molar-refractivity contribution in [2.75, 3.05) is 31.7 Å². The van der Waals surface area contributed by atoms with Gasteiger partial charge in [0.05, 0.1) is 21.6 Å². The lowest BCUT2D eigenvalue weighted by molar-refractivity contribution is -0.123. The van der Waals surface area contributed by atoms with Crippen molar-refractivity contribution in [3.05, 3.63) is 84.2 Å². The van der Waals surface area contributed by atoms with Crippen molar-refractivity contribution in [1.82, 2.24) is 4.90 Å². The highest BCUT2D eigenvalue weighted by molar-refractivity contribution is 14.1. The maximum Gasteiger partial charge on any atom is 0.293 e. The second-order valence-electron chi connectivity index (χ2n) is 8.70. The number of ether oxygens (including phenoxy) is 3. The highest BCUT2D eigenvalue weighted by atomic mass is 127. The van der Waals surface area contributed by atoms with E-state index in [2.05, 4.69) is 27.9 Å². The van der Waals surface area contributed by atoms with Crippen LogP contribution < -0.4 is 19.5 Å². The van der Waals surface area contributed by atoms with Gasteiger partial charge in [-0.25, -0.2) is 0 Å². The van der Waals surface area contributed by atoms with Gasteiger partial charge in [0.25, 0.3) is 17.1 Å². The first-order valence-electron chi connectivity index (χ1n) is 12.4. The number of carbonyl (C=O) groups excluding carboxylic acids is 3. The third-order valence-corrected chi connectivity index (χ3v) is 8.07. The van der Waals surface area contributed by atoms with Crippen LogP contribution in [0.1, 0.15) is 18.1 Å². The van der Waals surface area contributed by atoms with Crippen molar-refractivity contribution in [2.24, 2.45) is 0 Å². The van der Waals surface area contributed by atoms with Crippen molar-refractivity contribution in [3.63, 3.8) is 0 Å². The predicted octanol–water partition coefficient (Wildman–Crippen LogP) is 7.44. The minimum Gasteiger partial charge on any atom is -0.492 e. The Morgan fingerprint density at radius 2 is 1.80 bits per heavy atom. The van der Waals surface area contributed by atoms with Gasteiger partial charge in [-0.3, -0.25) is 19.3 Å². The van der Waals surface area contributed by atoms with E-state index in [1.807, 2.05) is 19.9 Å². The molecule has 1 heterocycles. The van der Waals surface area contributed by atoms with Crippen molar-refractivity contribution in [1.29, 1.82) is 0 Å². The predicted molar refractivity (Wildman–Crippen MR) is 170 cm³/mol. The fourth-order valence-electron chi connectivity index (χ4n) is 3.71. The van der Waals surface area contributed by atoms with Crippen LogP contribution in [-0.4, -0.2) is 48.3 Å². The highest BCUT2D eigenvalue weighted by Gasteiger charge is 2.35. The van der Waals surface area contributed by atoms with Crippen molar-refractivity contribution in [3.8, 4) is 17.2 Å². The highest BCUT2D eigenvalue weighted by Crippen LogP contribution is 2.37. The normalized spacial score (nSPS) is 14.0. The van der Waals surface area contributed by atoms with Gasteiger partial charge in [0.15, 0.2) is 18.1 Å². The third-order valence-electron chi connectivity index (χ3n) is 5.70. The minimum absolute atomic E-state index is 0.107. The van der Waals surface area contributed by atoms with Gasteiger partial charge in [-0.05, 0) is 114 Å². The van der Waals surface area contributed by atoms with Crippen molar-refractivity contribution >= 4 is 86.4 Å². The smallest absolute Gasteiger partial charge is 0.293 e. The molecule has 12 heteroatoms. The average molecular weight is 727 g/mol. The summed E-state index contributed by atoms with van der Waals surface area (Å²) in [5.41, 5.74) is 2.12. The Morgan fingerprint density at radius 1 is 1.05 bits per heavy atom. The van der Waals surface area contributed by atoms with E-state index in [0.29, 0.717) is 48.7 Å². The molecule has 41 heavy (non-hydrogen) atoms. The summed E-state index contributed by atoms with van der Waals surface area (Å²) in [6.07, 6.45) is 1.63. The summed E-state index contributed by atoms with van der Waals surface area (Å²) in [6.45, 7) is 4.06. The Hall–Kier alpha value is -2.93. The quantitative estimate of drug-likeness (QED) is 0.162. The first-order valence-corrected chi connectivity index (χ1v) is 15.1. The second kappa shape index (κ2) is 14.3. The average Bonchev–Trinajstić information content (AvgIpc) is 3.19. The van der Waals surface area contributed by atoms with Gasteiger partial charge in [-0.15, -0.1) is 0 Å². The molecule has 0 saturated carbocycles. The number of thioether (sulfide) groups is 1. The Labute approximate surface area is 265 Å². The van der Waals surface area contributed by atoms with Gasteiger partial charge >= 0.3 is 0 Å². The van der Waals surface area contributed by atoms with Crippen LogP contribution in [0.4, 0.5) is 10.5 Å². The largest absolute Gasteiger partial charge is 0.492 e. The molecule has 3 amide bonds. The molecule has 214 valence electrons. The number of amides is 3. The van der Waals surface area contributed by atoms with Gasteiger partial charge in [-0.2, -0.15) is 0 Å². The van der Waals surface area contributed by atoms with Crippen LogP contribution in [0.3, 0.4) is 0 Å². The molecule has 0 bridgehead atoms. The van der Waals surface area contributed by atoms with Crippen LogP contribution in [0.2, 0.25) is 10.0 Å². The lowest BCUT2D eigenvalue weighted by Gasteiger charge is -2.15. The number of hydrogen-bond acceptors (Lipinski definition) is 7. The van der Waals surface area contributed by atoms with E-state index in [0.717, 1.165) is 22.2 Å². The van der Waals surface area contributed by atoms with Crippen LogP contribution in [0, 0.1) is 10.5 Å². The van der Waals surface area contributed by atoms with Gasteiger partial charge in [0.2, 0.25) is 0 Å². The molecule has 0 aromatic heterocycles. The number of nitrogens with zero attached hydrogens (tertiary/aromatic N) is 1. The van der Waals surface area contributed by atoms with E-state index >= 15 is 0 Å². The second-order valence-corrected chi connectivity index (χ2v) is 11.7. The Morgan fingerprint density at radius 3 is 2.51 bits per heavy atom. The molecule has 0 radical (unpaired) electrons. The first kappa shape index (κ1) is 31.0. The minimum atomic E-state index is -0.402. The number of halogens is 3. The molecule has 8 nitrogen and oxygen atoms in total. The van der Waals surface area contributed by atoms with Gasteiger partial charge in [0.1, 0.15) is 12.4 Å². The van der Waals surface area contributed by atoms with Crippen molar-refractivity contribution in [2.45, 2.75) is 13.8 Å². The van der Waals surface area contributed by atoms with E-state index in [4.69, 9.17) is 37.4 Å². The summed E-state index contributed by atoms with van der Waals surface area (Å²) in [6, 6.07) is 15.6. The van der Waals surface area contributed by atoms with Gasteiger partial charge in [-0.1, -0.05) is 29.3 Å². The van der Waals surface area contributed by atoms with Crippen LogP contribution in [0.15, 0.2) is 59.5 Å². The molecule has 4 rings (SSSR count). The zero-order chi connectivity index (χ0) is 29.5. The van der Waals surface area contributed by atoms with Crippen LogP contribution in [-0.2, 0) is 9.59 Å². The summed E-state index contributed by atoms with van der Waals surface area (Å²) in [4.78, 5) is 39.4. The molecule has 0 aliphatic carbocycles. The van der Waals surface area contributed by atoms with E-state index in [1.165, 1.54) is 0 Å².